The Labute approximate surface area is 192 Å². The molecule has 33 heavy (non-hydrogen) atoms. The van der Waals surface area contributed by atoms with Crippen LogP contribution in [-0.4, -0.2) is 18.5 Å². The van der Waals surface area contributed by atoms with Crippen LogP contribution in [0.25, 0.3) is 0 Å². The smallest absolute Gasteiger partial charge is 0.382 e. The SMILES string of the molecule is CC(F)(c1cc(Br)c(CC(=O)c2cccc(NCC3CC3)c2F)c(C(F)(F)F)c1)C(F)(F)F. The largest absolute Gasteiger partial charge is 0.426 e. The van der Waals surface area contributed by atoms with Gasteiger partial charge in [-0.05, 0) is 61.1 Å². The molecule has 2 aromatic carbocycles. The highest BCUT2D eigenvalue weighted by Crippen LogP contribution is 2.46. The van der Waals surface area contributed by atoms with Gasteiger partial charge in [0.2, 0.25) is 5.67 Å². The molecule has 0 heterocycles. The first-order valence-electron chi connectivity index (χ1n) is 9.84. The summed E-state index contributed by atoms with van der Waals surface area (Å²) in [5, 5.41) is 2.85. The third kappa shape index (κ3) is 5.50. The average molecular weight is 544 g/mol. The lowest BCUT2D eigenvalue weighted by Crippen LogP contribution is -2.35. The molecule has 0 spiro atoms. The maximum atomic E-state index is 14.8. The molecular formula is C22H18BrF8NO. The monoisotopic (exact) mass is 543 g/mol. The van der Waals surface area contributed by atoms with Crippen molar-refractivity contribution in [2.75, 3.05) is 11.9 Å². The van der Waals surface area contributed by atoms with Crippen LogP contribution in [-0.2, 0) is 18.3 Å². The van der Waals surface area contributed by atoms with Crippen molar-refractivity contribution in [3.05, 3.63) is 62.9 Å². The number of rotatable bonds is 7. The summed E-state index contributed by atoms with van der Waals surface area (Å²) in [6.07, 6.45) is -9.65. The van der Waals surface area contributed by atoms with E-state index < -0.39 is 62.8 Å². The van der Waals surface area contributed by atoms with Crippen molar-refractivity contribution in [1.29, 1.82) is 0 Å². The van der Waals surface area contributed by atoms with Crippen LogP contribution in [0.1, 0.15) is 46.8 Å². The van der Waals surface area contributed by atoms with Crippen LogP contribution in [0.2, 0.25) is 0 Å². The fourth-order valence-electron chi connectivity index (χ4n) is 3.22. The summed E-state index contributed by atoms with van der Waals surface area (Å²) in [7, 11) is 0. The van der Waals surface area contributed by atoms with Crippen molar-refractivity contribution in [1.82, 2.24) is 0 Å². The van der Waals surface area contributed by atoms with E-state index in [2.05, 4.69) is 21.2 Å². The zero-order valence-corrected chi connectivity index (χ0v) is 18.7. The molecule has 0 aromatic heterocycles. The third-order valence-electron chi connectivity index (χ3n) is 5.49. The van der Waals surface area contributed by atoms with Gasteiger partial charge in [-0.3, -0.25) is 4.79 Å². The first-order valence-corrected chi connectivity index (χ1v) is 10.6. The summed E-state index contributed by atoms with van der Waals surface area (Å²) in [4.78, 5) is 12.7. The van der Waals surface area contributed by atoms with E-state index in [4.69, 9.17) is 0 Å². The van der Waals surface area contributed by atoms with Gasteiger partial charge in [0.05, 0.1) is 16.8 Å². The average Bonchev–Trinajstić information content (AvgIpc) is 3.51. The molecule has 1 atom stereocenters. The van der Waals surface area contributed by atoms with Gasteiger partial charge in [-0.25, -0.2) is 8.78 Å². The molecule has 1 aliphatic carbocycles. The minimum absolute atomic E-state index is 0.0246. The number of carbonyl (C=O) groups is 1. The summed E-state index contributed by atoms with van der Waals surface area (Å²) in [6.45, 7) is 0.594. The van der Waals surface area contributed by atoms with E-state index in [9.17, 15) is 39.9 Å². The molecule has 1 N–H and O–H groups in total. The van der Waals surface area contributed by atoms with E-state index in [-0.39, 0.29) is 18.7 Å². The van der Waals surface area contributed by atoms with E-state index >= 15 is 0 Å². The Morgan fingerprint density at radius 2 is 1.73 bits per heavy atom. The lowest BCUT2D eigenvalue weighted by atomic mass is 9.90. The topological polar surface area (TPSA) is 29.1 Å². The van der Waals surface area contributed by atoms with E-state index in [1.165, 1.54) is 12.1 Å². The van der Waals surface area contributed by atoms with Crippen molar-refractivity contribution in [2.45, 2.75) is 44.2 Å². The van der Waals surface area contributed by atoms with Crippen LogP contribution in [0, 0.1) is 11.7 Å². The summed E-state index contributed by atoms with van der Waals surface area (Å²) in [5.41, 5.74) is -8.11. The zero-order chi connectivity index (χ0) is 24.8. The number of alkyl halides is 7. The highest BCUT2D eigenvalue weighted by atomic mass is 79.9. The minimum atomic E-state index is -5.47. The second kappa shape index (κ2) is 8.88. The molecule has 0 amide bonds. The van der Waals surface area contributed by atoms with Gasteiger partial charge < -0.3 is 5.32 Å². The molecule has 1 aliphatic rings. The fourth-order valence-corrected chi connectivity index (χ4v) is 3.82. The fraction of sp³-hybridized carbons (Fsp3) is 0.409. The highest BCUT2D eigenvalue weighted by molar-refractivity contribution is 9.10. The first kappa shape index (κ1) is 25.5. The molecule has 2 nitrogen and oxygen atoms in total. The van der Waals surface area contributed by atoms with Crippen LogP contribution >= 0.6 is 15.9 Å². The number of anilines is 1. The molecule has 0 radical (unpaired) electrons. The maximum absolute atomic E-state index is 14.8. The molecule has 11 heteroatoms. The predicted molar refractivity (Wildman–Crippen MR) is 109 cm³/mol. The number of hydrogen-bond acceptors (Lipinski definition) is 2. The Bertz CT molecular complexity index is 1060. The summed E-state index contributed by atoms with van der Waals surface area (Å²) in [6, 6.07) is 4.45. The Kier molecular flexibility index (Phi) is 6.85. The van der Waals surface area contributed by atoms with Crippen LogP contribution in [0.3, 0.4) is 0 Å². The Balaban J connectivity index is 1.98. The van der Waals surface area contributed by atoms with E-state index in [0.717, 1.165) is 18.9 Å². The minimum Gasteiger partial charge on any atom is -0.382 e. The second-order valence-corrected chi connectivity index (χ2v) is 8.93. The Morgan fingerprint density at radius 3 is 2.27 bits per heavy atom. The van der Waals surface area contributed by atoms with Gasteiger partial charge in [0.1, 0.15) is 0 Å². The highest BCUT2D eigenvalue weighted by Gasteiger charge is 2.54. The van der Waals surface area contributed by atoms with Gasteiger partial charge in [0.15, 0.2) is 11.6 Å². The molecular weight excluding hydrogens is 526 g/mol. The molecule has 1 fully saturated rings. The molecule has 0 bridgehead atoms. The maximum Gasteiger partial charge on any atom is 0.426 e. The summed E-state index contributed by atoms with van der Waals surface area (Å²) >= 11 is 2.74. The van der Waals surface area contributed by atoms with Gasteiger partial charge in [0.25, 0.3) is 0 Å². The molecule has 180 valence electrons. The summed E-state index contributed by atoms with van der Waals surface area (Å²) < 4.78 is 109. The van der Waals surface area contributed by atoms with Crippen LogP contribution in [0.15, 0.2) is 34.8 Å². The van der Waals surface area contributed by atoms with Crippen molar-refractivity contribution >= 4 is 27.4 Å². The Hall–Kier alpha value is -2.17. The van der Waals surface area contributed by atoms with Crippen molar-refractivity contribution in [3.8, 4) is 0 Å². The number of hydrogen-bond donors (Lipinski definition) is 1. The normalized spacial score (nSPS) is 16.4. The molecule has 1 unspecified atom stereocenters. The Morgan fingerprint density at radius 1 is 1.09 bits per heavy atom. The van der Waals surface area contributed by atoms with Gasteiger partial charge in [0, 0.05) is 17.4 Å². The van der Waals surface area contributed by atoms with Crippen molar-refractivity contribution in [2.24, 2.45) is 5.92 Å². The number of carbonyl (C=O) groups excluding carboxylic acids is 1. The van der Waals surface area contributed by atoms with Crippen molar-refractivity contribution < 1.29 is 39.9 Å². The standard InChI is InChI=1S/C22H18BrF8NO/c1-20(25,22(29,30)31)12-7-15(21(26,27)28)14(16(23)8-12)9-18(33)13-3-2-4-17(19(13)24)32-10-11-5-6-11/h2-4,7-8,11,32H,5-6,9-10H2,1H3. The van der Waals surface area contributed by atoms with E-state index in [1.54, 1.807) is 0 Å². The van der Waals surface area contributed by atoms with E-state index in [1.807, 2.05) is 0 Å². The van der Waals surface area contributed by atoms with Gasteiger partial charge in [-0.2, -0.15) is 26.3 Å². The van der Waals surface area contributed by atoms with Gasteiger partial charge in [-0.15, -0.1) is 0 Å². The van der Waals surface area contributed by atoms with Crippen molar-refractivity contribution in [3.63, 3.8) is 0 Å². The molecule has 0 aliphatic heterocycles. The number of nitrogens with one attached hydrogen (secondary N) is 1. The van der Waals surface area contributed by atoms with Gasteiger partial charge in [-0.1, -0.05) is 22.0 Å². The molecule has 0 saturated heterocycles. The lowest BCUT2D eigenvalue weighted by Gasteiger charge is -2.26. The lowest BCUT2D eigenvalue weighted by molar-refractivity contribution is -0.229. The molecule has 3 rings (SSSR count). The van der Waals surface area contributed by atoms with Crippen LogP contribution in [0.5, 0.6) is 0 Å². The van der Waals surface area contributed by atoms with Crippen LogP contribution < -0.4 is 5.32 Å². The van der Waals surface area contributed by atoms with Crippen LogP contribution in [0.4, 0.5) is 40.8 Å². The number of benzene rings is 2. The number of halogens is 9. The zero-order valence-electron chi connectivity index (χ0n) is 17.1. The predicted octanol–water partition coefficient (Wildman–Crippen LogP) is 7.60. The number of ketones is 1. The van der Waals surface area contributed by atoms with E-state index in [0.29, 0.717) is 18.5 Å². The third-order valence-corrected chi connectivity index (χ3v) is 6.20. The quantitative estimate of drug-likeness (QED) is 0.288. The second-order valence-electron chi connectivity index (χ2n) is 8.07. The molecule has 2 aromatic rings. The summed E-state index contributed by atoms with van der Waals surface area (Å²) in [5.74, 6) is -1.55. The molecule has 1 saturated carbocycles. The van der Waals surface area contributed by atoms with Gasteiger partial charge >= 0.3 is 12.4 Å². The number of Topliss-reactive ketones (excluding diaryl/α,β-unsaturated/α-hetero) is 1. The first-order chi connectivity index (χ1) is 15.1.